The molecule has 1 aliphatic rings. The van der Waals surface area contributed by atoms with Gasteiger partial charge in [0.1, 0.15) is 5.52 Å². The molecule has 3 aromatic rings. The van der Waals surface area contributed by atoms with Crippen molar-refractivity contribution < 1.29 is 12.8 Å². The van der Waals surface area contributed by atoms with Gasteiger partial charge < -0.3 is 9.32 Å². The first-order valence-corrected chi connectivity index (χ1v) is 13.0. The van der Waals surface area contributed by atoms with Crippen molar-refractivity contribution in [2.24, 2.45) is 0 Å². The number of nitrogens with zero attached hydrogens (tertiary/aromatic N) is 3. The third-order valence-corrected chi connectivity index (χ3v) is 8.19. The van der Waals surface area contributed by atoms with Crippen molar-refractivity contribution in [3.8, 4) is 11.5 Å². The van der Waals surface area contributed by atoms with Crippen LogP contribution in [0.3, 0.4) is 0 Å². The van der Waals surface area contributed by atoms with Gasteiger partial charge in [-0.2, -0.15) is 4.31 Å². The lowest BCUT2D eigenvalue weighted by atomic mass is 9.95. The van der Waals surface area contributed by atoms with Crippen LogP contribution in [0.5, 0.6) is 0 Å². The van der Waals surface area contributed by atoms with Crippen molar-refractivity contribution in [1.29, 1.82) is 0 Å². The van der Waals surface area contributed by atoms with E-state index in [0.29, 0.717) is 34.1 Å². The van der Waals surface area contributed by atoms with Crippen molar-refractivity contribution in [2.75, 3.05) is 27.2 Å². The van der Waals surface area contributed by atoms with Crippen LogP contribution in [0.25, 0.3) is 22.6 Å². The Morgan fingerprint density at radius 2 is 1.84 bits per heavy atom. The first kappa shape index (κ1) is 23.2. The minimum atomic E-state index is -3.64. The second-order valence-electron chi connectivity index (χ2n) is 8.72. The summed E-state index contributed by atoms with van der Waals surface area (Å²) in [6.07, 6.45) is 5.99. The molecule has 172 valence electrons. The summed E-state index contributed by atoms with van der Waals surface area (Å²) in [5.41, 5.74) is 1.90. The molecule has 1 aliphatic carbocycles. The molecule has 1 aromatic heterocycles. The highest BCUT2D eigenvalue weighted by atomic mass is 35.5. The molecule has 1 fully saturated rings. The Hall–Kier alpha value is -1.93. The number of sulfonamides is 1. The topological polar surface area (TPSA) is 66.7 Å². The van der Waals surface area contributed by atoms with Crippen LogP contribution in [-0.2, 0) is 10.0 Å². The van der Waals surface area contributed by atoms with Crippen molar-refractivity contribution in [3.05, 3.63) is 47.5 Å². The lowest BCUT2D eigenvalue weighted by molar-refractivity contribution is 0.242. The molecule has 0 spiro atoms. The van der Waals surface area contributed by atoms with E-state index in [0.717, 1.165) is 38.6 Å². The normalized spacial score (nSPS) is 15.8. The van der Waals surface area contributed by atoms with E-state index in [2.05, 4.69) is 9.88 Å². The summed E-state index contributed by atoms with van der Waals surface area (Å²) >= 11 is 6.06. The van der Waals surface area contributed by atoms with Gasteiger partial charge in [-0.1, -0.05) is 36.9 Å². The molecular weight excluding hydrogens is 446 g/mol. The number of benzene rings is 2. The van der Waals surface area contributed by atoms with Gasteiger partial charge in [-0.3, -0.25) is 0 Å². The summed E-state index contributed by atoms with van der Waals surface area (Å²) < 4.78 is 35.1. The number of fused-ring (bicyclic) bond motifs is 1. The van der Waals surface area contributed by atoms with Crippen molar-refractivity contribution in [2.45, 2.75) is 49.5 Å². The number of halogens is 1. The molecular formula is C24H30ClN3O3S. The lowest BCUT2D eigenvalue weighted by Gasteiger charge is -2.33. The SMILES string of the molecule is CN(C)CCCN(C1CCCCC1)S(=O)(=O)c1cccc(-c2nc3cc(Cl)ccc3o2)c1. The summed E-state index contributed by atoms with van der Waals surface area (Å²) in [6, 6.07) is 12.2. The fraction of sp³-hybridized carbons (Fsp3) is 0.458. The van der Waals surface area contributed by atoms with E-state index >= 15 is 0 Å². The van der Waals surface area contributed by atoms with E-state index in [1.807, 2.05) is 20.2 Å². The second-order valence-corrected chi connectivity index (χ2v) is 11.1. The molecule has 1 heterocycles. The molecule has 0 amide bonds. The zero-order valence-electron chi connectivity index (χ0n) is 18.6. The quantitative estimate of drug-likeness (QED) is 0.435. The first-order chi connectivity index (χ1) is 15.3. The number of hydrogen-bond acceptors (Lipinski definition) is 5. The molecule has 8 heteroatoms. The number of hydrogen-bond donors (Lipinski definition) is 0. The van der Waals surface area contributed by atoms with Gasteiger partial charge in [0.15, 0.2) is 5.58 Å². The second kappa shape index (κ2) is 9.91. The van der Waals surface area contributed by atoms with E-state index in [4.69, 9.17) is 16.0 Å². The molecule has 6 nitrogen and oxygen atoms in total. The van der Waals surface area contributed by atoms with Crippen LogP contribution in [0.2, 0.25) is 5.02 Å². The van der Waals surface area contributed by atoms with E-state index in [-0.39, 0.29) is 10.9 Å². The minimum Gasteiger partial charge on any atom is -0.436 e. The Morgan fingerprint density at radius 1 is 1.06 bits per heavy atom. The molecule has 0 aliphatic heterocycles. The summed E-state index contributed by atoms with van der Waals surface area (Å²) in [4.78, 5) is 6.88. The van der Waals surface area contributed by atoms with Gasteiger partial charge in [0.05, 0.1) is 4.90 Å². The Morgan fingerprint density at radius 3 is 2.59 bits per heavy atom. The van der Waals surface area contributed by atoms with Crippen LogP contribution in [0, 0.1) is 0 Å². The zero-order valence-corrected chi connectivity index (χ0v) is 20.2. The van der Waals surface area contributed by atoms with Crippen molar-refractivity contribution in [1.82, 2.24) is 14.2 Å². The maximum atomic E-state index is 13.8. The number of aromatic nitrogens is 1. The van der Waals surface area contributed by atoms with Crippen LogP contribution < -0.4 is 0 Å². The fourth-order valence-electron chi connectivity index (χ4n) is 4.36. The summed E-state index contributed by atoms with van der Waals surface area (Å²) in [7, 11) is 0.379. The van der Waals surface area contributed by atoms with Gasteiger partial charge >= 0.3 is 0 Å². The van der Waals surface area contributed by atoms with E-state index in [1.165, 1.54) is 6.42 Å². The average molecular weight is 476 g/mol. The van der Waals surface area contributed by atoms with Crippen LogP contribution in [0.1, 0.15) is 38.5 Å². The molecule has 0 radical (unpaired) electrons. The van der Waals surface area contributed by atoms with Crippen LogP contribution in [0.15, 0.2) is 51.8 Å². The van der Waals surface area contributed by atoms with Gasteiger partial charge in [-0.25, -0.2) is 13.4 Å². The number of rotatable bonds is 8. The smallest absolute Gasteiger partial charge is 0.243 e. The predicted octanol–water partition coefficient (Wildman–Crippen LogP) is 5.42. The maximum Gasteiger partial charge on any atom is 0.243 e. The standard InChI is InChI=1S/C24H30ClN3O3S/c1-27(2)14-7-15-28(20-9-4-3-5-10-20)32(29,30)21-11-6-8-18(16-21)24-26-22-17-19(25)12-13-23(22)31-24/h6,8,11-13,16-17,20H,3-5,7,9-10,14-15H2,1-2H3. The van der Waals surface area contributed by atoms with Crippen molar-refractivity contribution >= 4 is 32.7 Å². The Bertz CT molecular complexity index is 1170. The molecule has 0 unspecified atom stereocenters. The van der Waals surface area contributed by atoms with Gasteiger partial charge in [-0.15, -0.1) is 0 Å². The molecule has 0 saturated heterocycles. The Labute approximate surface area is 195 Å². The molecule has 32 heavy (non-hydrogen) atoms. The van der Waals surface area contributed by atoms with E-state index in [9.17, 15) is 8.42 Å². The van der Waals surface area contributed by atoms with E-state index in [1.54, 1.807) is 40.7 Å². The molecule has 4 rings (SSSR count). The van der Waals surface area contributed by atoms with Crippen LogP contribution in [0.4, 0.5) is 0 Å². The van der Waals surface area contributed by atoms with Gasteiger partial charge in [0, 0.05) is 23.2 Å². The molecule has 1 saturated carbocycles. The zero-order chi connectivity index (χ0) is 22.7. The fourth-order valence-corrected chi connectivity index (χ4v) is 6.30. The van der Waals surface area contributed by atoms with Gasteiger partial charge in [0.2, 0.25) is 15.9 Å². The molecule has 0 atom stereocenters. The summed E-state index contributed by atoms with van der Waals surface area (Å²) in [6.45, 7) is 1.38. The summed E-state index contributed by atoms with van der Waals surface area (Å²) in [5.74, 6) is 0.385. The highest BCUT2D eigenvalue weighted by Gasteiger charge is 2.32. The van der Waals surface area contributed by atoms with Gasteiger partial charge in [0.25, 0.3) is 0 Å². The van der Waals surface area contributed by atoms with Gasteiger partial charge in [-0.05, 0) is 76.3 Å². The molecule has 2 aromatic carbocycles. The Balaban J connectivity index is 1.65. The predicted molar refractivity (Wildman–Crippen MR) is 128 cm³/mol. The maximum absolute atomic E-state index is 13.8. The van der Waals surface area contributed by atoms with Crippen LogP contribution >= 0.6 is 11.6 Å². The monoisotopic (exact) mass is 475 g/mol. The molecule has 0 bridgehead atoms. The average Bonchev–Trinajstić information content (AvgIpc) is 3.20. The Kier molecular flexibility index (Phi) is 7.20. The third-order valence-electron chi connectivity index (χ3n) is 6.00. The lowest BCUT2D eigenvalue weighted by Crippen LogP contribution is -2.42. The van der Waals surface area contributed by atoms with Crippen LogP contribution in [-0.4, -0.2) is 55.8 Å². The van der Waals surface area contributed by atoms with E-state index < -0.39 is 10.0 Å². The minimum absolute atomic E-state index is 0.0611. The first-order valence-electron chi connectivity index (χ1n) is 11.2. The number of oxazole rings is 1. The van der Waals surface area contributed by atoms with Crippen molar-refractivity contribution in [3.63, 3.8) is 0 Å². The third kappa shape index (κ3) is 5.17. The summed E-state index contributed by atoms with van der Waals surface area (Å²) in [5, 5.41) is 0.578. The largest absolute Gasteiger partial charge is 0.436 e. The molecule has 0 N–H and O–H groups in total. The highest BCUT2D eigenvalue weighted by Crippen LogP contribution is 2.31. The highest BCUT2D eigenvalue weighted by molar-refractivity contribution is 7.89.